The molecule has 0 unspecified atom stereocenters. The Morgan fingerprint density at radius 2 is 2.25 bits per heavy atom. The van der Waals surface area contributed by atoms with Crippen LogP contribution in [0.4, 0.5) is 10.3 Å². The molecule has 0 spiro atoms. The zero-order valence-electron chi connectivity index (χ0n) is 9.49. The third-order valence-electron chi connectivity index (χ3n) is 1.78. The summed E-state index contributed by atoms with van der Waals surface area (Å²) in [6.45, 7) is 3.53. The first-order chi connectivity index (χ1) is 7.77. The van der Waals surface area contributed by atoms with Crippen molar-refractivity contribution in [3.05, 3.63) is 12.0 Å². The van der Waals surface area contributed by atoms with Crippen LogP contribution in [0, 0.1) is 5.82 Å². The molecule has 0 aliphatic heterocycles. The van der Waals surface area contributed by atoms with E-state index in [1.165, 1.54) is 0 Å². The molecule has 1 aromatic heterocycles. The fourth-order valence-electron chi connectivity index (χ4n) is 1.07. The molecule has 1 heterocycles. The zero-order chi connectivity index (χ0) is 11.8. The molecule has 0 fully saturated rings. The fraction of sp³-hybridized carbons (Fsp3) is 0.600. The van der Waals surface area contributed by atoms with Crippen molar-refractivity contribution < 1.29 is 13.9 Å². The quantitative estimate of drug-likeness (QED) is 0.717. The third kappa shape index (κ3) is 3.98. The van der Waals surface area contributed by atoms with Gasteiger partial charge >= 0.3 is 0 Å². The fourth-order valence-corrected chi connectivity index (χ4v) is 1.07. The molecular formula is C10H16FN3O2. The van der Waals surface area contributed by atoms with E-state index in [1.54, 1.807) is 7.11 Å². The highest BCUT2D eigenvalue weighted by Crippen LogP contribution is 2.14. The number of ether oxygens (including phenoxy) is 2. The van der Waals surface area contributed by atoms with Crippen LogP contribution in [0.2, 0.25) is 0 Å². The Kier molecular flexibility index (Phi) is 5.49. The predicted molar refractivity (Wildman–Crippen MR) is 58.1 cm³/mol. The van der Waals surface area contributed by atoms with E-state index in [1.807, 2.05) is 6.92 Å². The van der Waals surface area contributed by atoms with Gasteiger partial charge in [0, 0.05) is 26.7 Å². The van der Waals surface area contributed by atoms with E-state index in [0.29, 0.717) is 32.1 Å². The van der Waals surface area contributed by atoms with Crippen molar-refractivity contribution in [2.24, 2.45) is 0 Å². The summed E-state index contributed by atoms with van der Waals surface area (Å²) in [5.41, 5.74) is 0. The largest absolute Gasteiger partial charge is 0.475 e. The monoisotopic (exact) mass is 229 g/mol. The van der Waals surface area contributed by atoms with Gasteiger partial charge in [0.05, 0.1) is 12.8 Å². The van der Waals surface area contributed by atoms with E-state index in [9.17, 15) is 4.39 Å². The zero-order valence-corrected chi connectivity index (χ0v) is 9.49. The summed E-state index contributed by atoms with van der Waals surface area (Å²) in [4.78, 5) is 7.67. The van der Waals surface area contributed by atoms with Crippen molar-refractivity contribution >= 4 is 5.95 Å². The van der Waals surface area contributed by atoms with Gasteiger partial charge in [-0.1, -0.05) is 0 Å². The van der Waals surface area contributed by atoms with Gasteiger partial charge in [-0.05, 0) is 6.92 Å². The molecule has 0 bridgehead atoms. The molecule has 6 heteroatoms. The van der Waals surface area contributed by atoms with E-state index in [-0.39, 0.29) is 5.88 Å². The van der Waals surface area contributed by atoms with Crippen LogP contribution in [-0.4, -0.2) is 36.8 Å². The number of hydrogen-bond acceptors (Lipinski definition) is 5. The second-order valence-electron chi connectivity index (χ2n) is 3.07. The first kappa shape index (κ1) is 12.6. The summed E-state index contributed by atoms with van der Waals surface area (Å²) in [6.07, 6.45) is 1.78. The number of aromatic nitrogens is 2. The molecule has 1 N–H and O–H groups in total. The summed E-state index contributed by atoms with van der Waals surface area (Å²) in [7, 11) is 1.61. The van der Waals surface area contributed by atoms with Crippen LogP contribution in [0.15, 0.2) is 6.20 Å². The molecule has 16 heavy (non-hydrogen) atoms. The van der Waals surface area contributed by atoms with Crippen molar-refractivity contribution in [1.29, 1.82) is 0 Å². The van der Waals surface area contributed by atoms with Crippen molar-refractivity contribution in [2.75, 3.05) is 32.2 Å². The summed E-state index contributed by atoms with van der Waals surface area (Å²) in [5, 5.41) is 2.88. The Morgan fingerprint density at radius 3 is 2.94 bits per heavy atom. The van der Waals surface area contributed by atoms with Crippen LogP contribution in [0.25, 0.3) is 0 Å². The Labute approximate surface area is 94.0 Å². The van der Waals surface area contributed by atoms with Gasteiger partial charge < -0.3 is 14.8 Å². The van der Waals surface area contributed by atoms with Gasteiger partial charge in [0.2, 0.25) is 11.8 Å². The summed E-state index contributed by atoms with van der Waals surface area (Å²) >= 11 is 0. The SMILES string of the molecule is CCNc1ncc(F)c(OCCCOC)n1. The van der Waals surface area contributed by atoms with E-state index in [4.69, 9.17) is 9.47 Å². The molecule has 1 aromatic rings. The number of methoxy groups -OCH3 is 1. The Balaban J connectivity index is 2.52. The summed E-state index contributed by atoms with van der Waals surface area (Å²) in [6, 6.07) is 0. The lowest BCUT2D eigenvalue weighted by Gasteiger charge is -2.07. The van der Waals surface area contributed by atoms with E-state index < -0.39 is 5.82 Å². The number of rotatable bonds is 7. The predicted octanol–water partition coefficient (Wildman–Crippen LogP) is 1.46. The molecular weight excluding hydrogens is 213 g/mol. The normalized spacial score (nSPS) is 10.2. The molecule has 0 aromatic carbocycles. The summed E-state index contributed by atoms with van der Waals surface area (Å²) in [5.74, 6) is -0.216. The molecule has 1 rings (SSSR count). The van der Waals surface area contributed by atoms with Crippen LogP contribution in [0.5, 0.6) is 5.88 Å². The van der Waals surface area contributed by atoms with Crippen LogP contribution in [0.1, 0.15) is 13.3 Å². The van der Waals surface area contributed by atoms with Gasteiger partial charge in [-0.25, -0.2) is 4.98 Å². The molecule has 0 aliphatic carbocycles. The minimum absolute atomic E-state index is 0.0259. The molecule has 0 saturated heterocycles. The average molecular weight is 229 g/mol. The lowest BCUT2D eigenvalue weighted by molar-refractivity contribution is 0.168. The number of anilines is 1. The lowest BCUT2D eigenvalue weighted by Crippen LogP contribution is -2.08. The maximum Gasteiger partial charge on any atom is 0.255 e. The minimum Gasteiger partial charge on any atom is -0.475 e. The van der Waals surface area contributed by atoms with Gasteiger partial charge in [0.15, 0.2) is 0 Å². The highest BCUT2D eigenvalue weighted by molar-refractivity contribution is 5.27. The molecule has 0 atom stereocenters. The molecule has 0 amide bonds. The molecule has 5 nitrogen and oxygen atoms in total. The molecule has 90 valence electrons. The molecule has 0 aliphatic rings. The van der Waals surface area contributed by atoms with E-state index in [2.05, 4.69) is 15.3 Å². The van der Waals surface area contributed by atoms with Crippen molar-refractivity contribution in [3.8, 4) is 5.88 Å². The van der Waals surface area contributed by atoms with Gasteiger partial charge in [0.25, 0.3) is 5.88 Å². The standard InChI is InChI=1S/C10H16FN3O2/c1-3-12-10-13-7-8(11)9(14-10)16-6-4-5-15-2/h7H,3-6H2,1-2H3,(H,12,13,14). The second kappa shape index (κ2) is 6.95. The van der Waals surface area contributed by atoms with E-state index in [0.717, 1.165) is 6.20 Å². The first-order valence-corrected chi connectivity index (χ1v) is 5.16. The van der Waals surface area contributed by atoms with Gasteiger partial charge in [-0.15, -0.1) is 0 Å². The highest BCUT2D eigenvalue weighted by atomic mass is 19.1. The van der Waals surface area contributed by atoms with Crippen LogP contribution < -0.4 is 10.1 Å². The Hall–Kier alpha value is -1.43. The lowest BCUT2D eigenvalue weighted by atomic mass is 10.5. The van der Waals surface area contributed by atoms with Crippen LogP contribution in [0.3, 0.4) is 0 Å². The van der Waals surface area contributed by atoms with Gasteiger partial charge in [0.1, 0.15) is 0 Å². The topological polar surface area (TPSA) is 56.3 Å². The number of nitrogens with zero attached hydrogens (tertiary/aromatic N) is 2. The average Bonchev–Trinajstić information content (AvgIpc) is 2.29. The first-order valence-electron chi connectivity index (χ1n) is 5.16. The second-order valence-corrected chi connectivity index (χ2v) is 3.07. The number of nitrogens with one attached hydrogen (secondary N) is 1. The maximum atomic E-state index is 13.2. The Morgan fingerprint density at radius 1 is 1.44 bits per heavy atom. The molecule has 0 radical (unpaired) electrons. The van der Waals surface area contributed by atoms with E-state index >= 15 is 0 Å². The number of hydrogen-bond donors (Lipinski definition) is 1. The smallest absolute Gasteiger partial charge is 0.255 e. The Bertz CT molecular complexity index is 323. The maximum absolute atomic E-state index is 13.2. The molecule has 0 saturated carbocycles. The summed E-state index contributed by atoms with van der Waals surface area (Å²) < 4.78 is 23.2. The van der Waals surface area contributed by atoms with Gasteiger partial charge in [-0.2, -0.15) is 9.37 Å². The van der Waals surface area contributed by atoms with Crippen molar-refractivity contribution in [1.82, 2.24) is 9.97 Å². The van der Waals surface area contributed by atoms with Gasteiger partial charge in [-0.3, -0.25) is 0 Å². The number of halogens is 1. The van der Waals surface area contributed by atoms with Crippen LogP contribution in [-0.2, 0) is 4.74 Å². The third-order valence-corrected chi connectivity index (χ3v) is 1.78. The van der Waals surface area contributed by atoms with Crippen molar-refractivity contribution in [2.45, 2.75) is 13.3 Å². The van der Waals surface area contributed by atoms with Crippen LogP contribution >= 0.6 is 0 Å². The van der Waals surface area contributed by atoms with Crippen molar-refractivity contribution in [3.63, 3.8) is 0 Å². The minimum atomic E-state index is -0.556. The highest BCUT2D eigenvalue weighted by Gasteiger charge is 2.07.